The number of imidazole rings is 1. The van der Waals surface area contributed by atoms with Crippen LogP contribution in [0.4, 0.5) is 4.39 Å². The molecule has 1 fully saturated rings. The number of nitrogens with zero attached hydrogens (tertiary/aromatic N) is 2. The van der Waals surface area contributed by atoms with Gasteiger partial charge in [-0.3, -0.25) is 0 Å². The van der Waals surface area contributed by atoms with Gasteiger partial charge in [0.2, 0.25) is 0 Å². The number of aromatic nitrogens is 2. The SMILES string of the molecule is Cc1nc(SC[C@H](O)c2ccc(F)cc2)n(C2CCCC2)c1C. The van der Waals surface area contributed by atoms with Gasteiger partial charge in [-0.15, -0.1) is 0 Å². The highest BCUT2D eigenvalue weighted by atomic mass is 32.2. The molecule has 0 radical (unpaired) electrons. The first-order chi connectivity index (χ1) is 11.1. The molecule has 2 aromatic rings. The first-order valence-electron chi connectivity index (χ1n) is 8.18. The average Bonchev–Trinajstić information content (AvgIpc) is 3.15. The van der Waals surface area contributed by atoms with Crippen molar-refractivity contribution in [2.45, 2.75) is 56.8 Å². The smallest absolute Gasteiger partial charge is 0.168 e. The monoisotopic (exact) mass is 334 g/mol. The van der Waals surface area contributed by atoms with Crippen molar-refractivity contribution in [1.29, 1.82) is 0 Å². The van der Waals surface area contributed by atoms with E-state index in [2.05, 4.69) is 16.5 Å². The van der Waals surface area contributed by atoms with Crippen molar-refractivity contribution in [3.8, 4) is 0 Å². The lowest BCUT2D eigenvalue weighted by Crippen LogP contribution is -2.09. The summed E-state index contributed by atoms with van der Waals surface area (Å²) in [5.74, 6) is 0.241. The van der Waals surface area contributed by atoms with Crippen molar-refractivity contribution in [3.63, 3.8) is 0 Å². The summed E-state index contributed by atoms with van der Waals surface area (Å²) in [6.07, 6.45) is 4.37. The fourth-order valence-corrected chi connectivity index (χ4v) is 4.35. The van der Waals surface area contributed by atoms with E-state index in [1.165, 1.54) is 43.5 Å². The highest BCUT2D eigenvalue weighted by Crippen LogP contribution is 2.36. The number of hydrogen-bond donors (Lipinski definition) is 1. The van der Waals surface area contributed by atoms with Crippen LogP contribution in [0.1, 0.15) is 54.8 Å². The van der Waals surface area contributed by atoms with E-state index >= 15 is 0 Å². The van der Waals surface area contributed by atoms with E-state index in [4.69, 9.17) is 0 Å². The van der Waals surface area contributed by atoms with E-state index in [1.54, 1.807) is 23.9 Å². The molecule has 0 saturated heterocycles. The third-order valence-electron chi connectivity index (χ3n) is 4.67. The molecule has 1 heterocycles. The predicted molar refractivity (Wildman–Crippen MR) is 91.3 cm³/mol. The molecule has 5 heteroatoms. The molecule has 1 N–H and O–H groups in total. The number of benzene rings is 1. The minimum Gasteiger partial charge on any atom is -0.388 e. The lowest BCUT2D eigenvalue weighted by atomic mass is 10.1. The molecule has 3 nitrogen and oxygen atoms in total. The Bertz CT molecular complexity index is 662. The number of aryl methyl sites for hydroxylation is 1. The molecule has 0 unspecified atom stereocenters. The third kappa shape index (κ3) is 3.61. The van der Waals surface area contributed by atoms with Crippen LogP contribution in [0, 0.1) is 19.7 Å². The van der Waals surface area contributed by atoms with Gasteiger partial charge in [0.25, 0.3) is 0 Å². The van der Waals surface area contributed by atoms with Gasteiger partial charge < -0.3 is 9.67 Å². The molecule has 1 aromatic carbocycles. The summed E-state index contributed by atoms with van der Waals surface area (Å²) in [5.41, 5.74) is 3.04. The van der Waals surface area contributed by atoms with Crippen LogP contribution >= 0.6 is 11.8 Å². The second-order valence-corrected chi connectivity index (χ2v) is 7.24. The molecule has 3 rings (SSSR count). The molecule has 124 valence electrons. The van der Waals surface area contributed by atoms with Crippen LogP contribution in [0.15, 0.2) is 29.4 Å². The van der Waals surface area contributed by atoms with Crippen LogP contribution in [0.5, 0.6) is 0 Å². The lowest BCUT2D eigenvalue weighted by molar-refractivity contribution is 0.204. The molecular formula is C18H23FN2OS. The van der Waals surface area contributed by atoms with E-state index in [0.29, 0.717) is 11.8 Å². The summed E-state index contributed by atoms with van der Waals surface area (Å²) in [6.45, 7) is 4.17. The second kappa shape index (κ2) is 7.05. The maximum Gasteiger partial charge on any atom is 0.168 e. The maximum atomic E-state index is 13.0. The average molecular weight is 334 g/mol. The molecule has 1 aliphatic rings. The molecule has 1 atom stereocenters. The Morgan fingerprint density at radius 1 is 1.26 bits per heavy atom. The van der Waals surface area contributed by atoms with Crippen molar-refractivity contribution in [2.75, 3.05) is 5.75 Å². The first-order valence-corrected chi connectivity index (χ1v) is 9.16. The van der Waals surface area contributed by atoms with Gasteiger partial charge in [-0.25, -0.2) is 9.37 Å². The van der Waals surface area contributed by atoms with Crippen LogP contribution < -0.4 is 0 Å². The summed E-state index contributed by atoms with van der Waals surface area (Å²) < 4.78 is 15.3. The summed E-state index contributed by atoms with van der Waals surface area (Å²) in [5, 5.41) is 11.3. The second-order valence-electron chi connectivity index (χ2n) is 6.25. The van der Waals surface area contributed by atoms with Gasteiger partial charge in [-0.1, -0.05) is 36.7 Å². The normalized spacial score (nSPS) is 16.9. The van der Waals surface area contributed by atoms with Crippen molar-refractivity contribution in [2.24, 2.45) is 0 Å². The Kier molecular flexibility index (Phi) is 5.07. The summed E-state index contributed by atoms with van der Waals surface area (Å²) in [4.78, 5) is 4.69. The third-order valence-corrected chi connectivity index (χ3v) is 5.70. The topological polar surface area (TPSA) is 38.1 Å². The molecule has 1 aliphatic carbocycles. The van der Waals surface area contributed by atoms with Crippen LogP contribution in [0.2, 0.25) is 0 Å². The fraction of sp³-hybridized carbons (Fsp3) is 0.500. The minimum atomic E-state index is -0.616. The molecule has 0 aliphatic heterocycles. The molecule has 0 bridgehead atoms. The highest BCUT2D eigenvalue weighted by molar-refractivity contribution is 7.99. The zero-order chi connectivity index (χ0) is 16.4. The van der Waals surface area contributed by atoms with Crippen LogP contribution in [0.3, 0.4) is 0 Å². The highest BCUT2D eigenvalue weighted by Gasteiger charge is 2.23. The zero-order valence-electron chi connectivity index (χ0n) is 13.6. The molecule has 1 saturated carbocycles. The van der Waals surface area contributed by atoms with Crippen molar-refractivity contribution in [1.82, 2.24) is 9.55 Å². The zero-order valence-corrected chi connectivity index (χ0v) is 14.4. The first kappa shape index (κ1) is 16.5. The van der Waals surface area contributed by atoms with Gasteiger partial charge in [-0.05, 0) is 44.4 Å². The van der Waals surface area contributed by atoms with Crippen molar-refractivity contribution < 1.29 is 9.50 Å². The van der Waals surface area contributed by atoms with Gasteiger partial charge >= 0.3 is 0 Å². The predicted octanol–water partition coefficient (Wildman–Crippen LogP) is 4.58. The largest absolute Gasteiger partial charge is 0.388 e. The van der Waals surface area contributed by atoms with E-state index in [0.717, 1.165) is 16.4 Å². The van der Waals surface area contributed by atoms with Crippen LogP contribution in [-0.2, 0) is 0 Å². The Balaban J connectivity index is 1.72. The Hall–Kier alpha value is -1.33. The van der Waals surface area contributed by atoms with Crippen molar-refractivity contribution >= 4 is 11.8 Å². The number of aliphatic hydroxyl groups is 1. The molecule has 23 heavy (non-hydrogen) atoms. The number of aliphatic hydroxyl groups excluding tert-OH is 1. The minimum absolute atomic E-state index is 0.281. The van der Waals surface area contributed by atoms with Gasteiger partial charge in [-0.2, -0.15) is 0 Å². The maximum absolute atomic E-state index is 13.0. The summed E-state index contributed by atoms with van der Waals surface area (Å²) in [6, 6.07) is 6.59. The Labute approximate surface area is 140 Å². The van der Waals surface area contributed by atoms with Gasteiger partial charge in [0, 0.05) is 17.5 Å². The molecule has 1 aromatic heterocycles. The van der Waals surface area contributed by atoms with Gasteiger partial charge in [0.1, 0.15) is 5.82 Å². The van der Waals surface area contributed by atoms with Crippen LogP contribution in [-0.4, -0.2) is 20.4 Å². The number of halogens is 1. The quantitative estimate of drug-likeness (QED) is 0.813. The Morgan fingerprint density at radius 2 is 1.91 bits per heavy atom. The molecule has 0 amide bonds. The Morgan fingerprint density at radius 3 is 2.57 bits per heavy atom. The standard InChI is InChI=1S/C18H23FN2OS/c1-12-13(2)21(16-5-3-4-6-16)18(20-12)23-11-17(22)14-7-9-15(19)10-8-14/h7-10,16-17,22H,3-6,11H2,1-2H3/t17-/m0/s1. The number of hydrogen-bond acceptors (Lipinski definition) is 3. The summed E-state index contributed by atoms with van der Waals surface area (Å²) >= 11 is 1.58. The van der Waals surface area contributed by atoms with Gasteiger partial charge in [0.05, 0.1) is 11.8 Å². The van der Waals surface area contributed by atoms with Gasteiger partial charge in [0.15, 0.2) is 5.16 Å². The van der Waals surface area contributed by atoms with Crippen molar-refractivity contribution in [3.05, 3.63) is 47.0 Å². The summed E-state index contributed by atoms with van der Waals surface area (Å²) in [7, 11) is 0. The van der Waals surface area contributed by atoms with E-state index < -0.39 is 6.10 Å². The van der Waals surface area contributed by atoms with E-state index in [1.807, 2.05) is 6.92 Å². The number of thioether (sulfide) groups is 1. The molecule has 0 spiro atoms. The number of rotatable bonds is 5. The van der Waals surface area contributed by atoms with Crippen LogP contribution in [0.25, 0.3) is 0 Å². The fourth-order valence-electron chi connectivity index (χ4n) is 3.22. The van der Waals surface area contributed by atoms with E-state index in [9.17, 15) is 9.50 Å². The lowest BCUT2D eigenvalue weighted by Gasteiger charge is -2.18. The van der Waals surface area contributed by atoms with E-state index in [-0.39, 0.29) is 5.82 Å². The molecular weight excluding hydrogens is 311 g/mol.